The number of rotatable bonds is 12. The molecule has 9 N–H and O–H groups in total. The smallest absolute Gasteiger partial charge is 0.326 e. The minimum absolute atomic E-state index is 0.0565. The van der Waals surface area contributed by atoms with Crippen molar-refractivity contribution in [3.63, 3.8) is 0 Å². The molecule has 4 atom stereocenters. The predicted octanol–water partition coefficient (Wildman–Crippen LogP) is -0.439. The number of nitrogens with one attached hydrogen (secondary N) is 4. The molecule has 3 heterocycles. The number of hydrogen-bond donors (Lipinski definition) is 7. The van der Waals surface area contributed by atoms with Crippen LogP contribution in [0, 0.1) is 0 Å². The molecule has 216 valence electrons. The average Bonchev–Trinajstić information content (AvgIpc) is 3.70. The Morgan fingerprint density at radius 3 is 2.58 bits per heavy atom. The summed E-state index contributed by atoms with van der Waals surface area (Å²) in [6.45, 7) is 1.36. The molecule has 2 fully saturated rings. The molecule has 2 aliphatic heterocycles. The number of carbonyl (C=O) groups excluding carboxylic acids is 3. The van der Waals surface area contributed by atoms with E-state index in [1.165, 1.54) is 4.90 Å². The van der Waals surface area contributed by atoms with Crippen LogP contribution in [0.4, 0.5) is 0 Å². The van der Waals surface area contributed by atoms with Gasteiger partial charge in [0.25, 0.3) is 0 Å². The number of fused-ring (bicyclic) bond motifs is 1. The molecule has 13 heteroatoms. The molecule has 0 bridgehead atoms. The third-order valence-corrected chi connectivity index (χ3v) is 7.49. The molecule has 0 saturated carbocycles. The van der Waals surface area contributed by atoms with Crippen molar-refractivity contribution in [2.75, 3.05) is 19.6 Å². The van der Waals surface area contributed by atoms with E-state index >= 15 is 0 Å². The van der Waals surface area contributed by atoms with Crippen LogP contribution in [-0.4, -0.2) is 88.4 Å². The number of carboxylic acid groups (broad SMARTS) is 1. The molecule has 4 rings (SSSR count). The van der Waals surface area contributed by atoms with Crippen LogP contribution >= 0.6 is 0 Å². The maximum absolute atomic E-state index is 13.7. The zero-order valence-corrected chi connectivity index (χ0v) is 22.4. The van der Waals surface area contributed by atoms with Gasteiger partial charge in [0.1, 0.15) is 18.1 Å². The summed E-state index contributed by atoms with van der Waals surface area (Å²) in [5.41, 5.74) is 12.4. The molecule has 2 aliphatic rings. The van der Waals surface area contributed by atoms with Gasteiger partial charge in [0.2, 0.25) is 17.7 Å². The minimum atomic E-state index is -1.17. The summed E-state index contributed by atoms with van der Waals surface area (Å²) in [5.74, 6) is -2.39. The van der Waals surface area contributed by atoms with Crippen molar-refractivity contribution < 1.29 is 24.3 Å². The van der Waals surface area contributed by atoms with E-state index in [2.05, 4.69) is 25.9 Å². The summed E-state index contributed by atoms with van der Waals surface area (Å²) in [6.07, 6.45) is 5.11. The SMILES string of the molecule is NC(N)=NCCCC(NC(=O)C1CCCN1)C(=O)N1CCCC1C(=O)NC(Cc1c[nH]c2ccccc12)C(=O)O. The van der Waals surface area contributed by atoms with Crippen LogP contribution in [0.25, 0.3) is 10.9 Å². The van der Waals surface area contributed by atoms with E-state index in [1.54, 1.807) is 6.20 Å². The second-order valence-corrected chi connectivity index (χ2v) is 10.3. The molecule has 2 saturated heterocycles. The Morgan fingerprint density at radius 2 is 1.85 bits per heavy atom. The van der Waals surface area contributed by atoms with Gasteiger partial charge in [0.15, 0.2) is 5.96 Å². The van der Waals surface area contributed by atoms with Gasteiger partial charge in [-0.1, -0.05) is 18.2 Å². The van der Waals surface area contributed by atoms with E-state index in [4.69, 9.17) is 11.5 Å². The van der Waals surface area contributed by atoms with Crippen LogP contribution in [0.3, 0.4) is 0 Å². The zero-order valence-electron chi connectivity index (χ0n) is 22.4. The third kappa shape index (κ3) is 7.08. The fourth-order valence-corrected chi connectivity index (χ4v) is 5.43. The van der Waals surface area contributed by atoms with Crippen molar-refractivity contribution in [3.05, 3.63) is 36.0 Å². The first-order valence-corrected chi connectivity index (χ1v) is 13.7. The highest BCUT2D eigenvalue weighted by Gasteiger charge is 2.39. The standard InChI is InChI=1S/C27H38N8O5/c28-27(29)31-12-4-9-20(33-23(36)19-8-3-11-30-19)25(38)35-13-5-10-22(35)24(37)34-21(26(39)40)14-16-15-32-18-7-2-1-6-17(16)18/h1-2,6-7,15,19-22,30,32H,3-5,8-14H2,(H,33,36)(H,34,37)(H,39,40)(H4,28,29,31). The normalized spacial score (nSPS) is 20.1. The molecule has 3 amide bonds. The Labute approximate surface area is 232 Å². The number of likely N-dealkylation sites (tertiary alicyclic amines) is 1. The van der Waals surface area contributed by atoms with E-state index in [1.807, 2.05) is 24.3 Å². The monoisotopic (exact) mass is 554 g/mol. The molecular weight excluding hydrogens is 516 g/mol. The maximum Gasteiger partial charge on any atom is 0.326 e. The summed E-state index contributed by atoms with van der Waals surface area (Å²) >= 11 is 0. The summed E-state index contributed by atoms with van der Waals surface area (Å²) in [7, 11) is 0. The quantitative estimate of drug-likeness (QED) is 0.104. The lowest BCUT2D eigenvalue weighted by Crippen LogP contribution is -2.56. The minimum Gasteiger partial charge on any atom is -0.480 e. The van der Waals surface area contributed by atoms with Crippen LogP contribution in [0.5, 0.6) is 0 Å². The zero-order chi connectivity index (χ0) is 28.6. The highest BCUT2D eigenvalue weighted by atomic mass is 16.4. The number of aromatic amines is 1. The van der Waals surface area contributed by atoms with Gasteiger partial charge in [-0.15, -0.1) is 0 Å². The Morgan fingerprint density at radius 1 is 1.07 bits per heavy atom. The topological polar surface area (TPSA) is 208 Å². The van der Waals surface area contributed by atoms with Gasteiger partial charge in [-0.2, -0.15) is 0 Å². The largest absolute Gasteiger partial charge is 0.480 e. The second-order valence-electron chi connectivity index (χ2n) is 10.3. The third-order valence-electron chi connectivity index (χ3n) is 7.49. The van der Waals surface area contributed by atoms with Crippen molar-refractivity contribution in [3.8, 4) is 0 Å². The Kier molecular flexibility index (Phi) is 9.59. The van der Waals surface area contributed by atoms with Gasteiger partial charge < -0.3 is 42.4 Å². The number of nitrogens with two attached hydrogens (primary N) is 2. The van der Waals surface area contributed by atoms with Gasteiger partial charge in [-0.25, -0.2) is 4.79 Å². The van der Waals surface area contributed by atoms with Gasteiger partial charge in [0.05, 0.1) is 6.04 Å². The molecule has 13 nitrogen and oxygen atoms in total. The Bertz CT molecular complexity index is 1250. The summed E-state index contributed by atoms with van der Waals surface area (Å²) in [5, 5.41) is 19.4. The molecule has 1 aromatic carbocycles. The van der Waals surface area contributed by atoms with Crippen molar-refractivity contribution >= 4 is 40.6 Å². The molecule has 0 aliphatic carbocycles. The number of hydrogen-bond acceptors (Lipinski definition) is 6. The van der Waals surface area contributed by atoms with E-state index in [0.29, 0.717) is 38.8 Å². The number of nitrogens with zero attached hydrogens (tertiary/aromatic N) is 2. The van der Waals surface area contributed by atoms with Crippen LogP contribution in [-0.2, 0) is 25.6 Å². The lowest BCUT2D eigenvalue weighted by molar-refractivity contribution is -0.145. The number of benzene rings is 1. The summed E-state index contributed by atoms with van der Waals surface area (Å²) in [4.78, 5) is 60.5. The number of aliphatic carboxylic acids is 1. The first kappa shape index (κ1) is 28.9. The van der Waals surface area contributed by atoms with E-state index in [0.717, 1.165) is 29.4 Å². The molecule has 0 spiro atoms. The van der Waals surface area contributed by atoms with Gasteiger partial charge >= 0.3 is 5.97 Å². The summed E-state index contributed by atoms with van der Waals surface area (Å²) in [6, 6.07) is 4.29. The van der Waals surface area contributed by atoms with Gasteiger partial charge in [-0.3, -0.25) is 19.4 Å². The molecule has 1 aromatic heterocycles. The van der Waals surface area contributed by atoms with E-state index in [-0.39, 0.29) is 36.7 Å². The van der Waals surface area contributed by atoms with Crippen LogP contribution in [0.15, 0.2) is 35.5 Å². The molecule has 40 heavy (non-hydrogen) atoms. The molecule has 0 radical (unpaired) electrons. The van der Waals surface area contributed by atoms with Gasteiger partial charge in [-0.05, 0) is 56.7 Å². The maximum atomic E-state index is 13.7. The number of guanidine groups is 1. The second kappa shape index (κ2) is 13.3. The van der Waals surface area contributed by atoms with Crippen molar-refractivity contribution in [1.29, 1.82) is 0 Å². The highest BCUT2D eigenvalue weighted by molar-refractivity contribution is 5.95. The Hall–Kier alpha value is -4.13. The van der Waals surface area contributed by atoms with E-state index < -0.39 is 30.0 Å². The molecule has 4 unspecified atom stereocenters. The Balaban J connectivity index is 1.44. The number of para-hydroxylation sites is 1. The number of carboxylic acids is 1. The lowest BCUT2D eigenvalue weighted by Gasteiger charge is -2.30. The lowest BCUT2D eigenvalue weighted by atomic mass is 10.0. The molecular formula is C27H38N8O5. The number of amides is 3. The number of aliphatic imine (C=N–C) groups is 1. The summed E-state index contributed by atoms with van der Waals surface area (Å²) < 4.78 is 0. The average molecular weight is 555 g/mol. The van der Waals surface area contributed by atoms with Crippen LogP contribution in [0.2, 0.25) is 0 Å². The van der Waals surface area contributed by atoms with Crippen molar-refractivity contribution in [1.82, 2.24) is 25.8 Å². The van der Waals surface area contributed by atoms with Crippen molar-refractivity contribution in [2.45, 2.75) is 69.1 Å². The number of H-pyrrole nitrogens is 1. The van der Waals surface area contributed by atoms with Crippen LogP contribution in [0.1, 0.15) is 44.1 Å². The van der Waals surface area contributed by atoms with E-state index in [9.17, 15) is 24.3 Å². The highest BCUT2D eigenvalue weighted by Crippen LogP contribution is 2.22. The van der Waals surface area contributed by atoms with Crippen molar-refractivity contribution in [2.24, 2.45) is 16.5 Å². The van der Waals surface area contributed by atoms with Gasteiger partial charge in [0, 0.05) is 36.6 Å². The number of aromatic nitrogens is 1. The number of carbonyl (C=O) groups is 4. The molecule has 2 aromatic rings. The first-order chi connectivity index (χ1) is 19.2. The fraction of sp³-hybridized carbons (Fsp3) is 0.519. The predicted molar refractivity (Wildman–Crippen MR) is 149 cm³/mol. The van der Waals surface area contributed by atoms with Crippen LogP contribution < -0.4 is 27.4 Å². The fourth-order valence-electron chi connectivity index (χ4n) is 5.43. The first-order valence-electron chi connectivity index (χ1n) is 13.7.